The van der Waals surface area contributed by atoms with Crippen molar-refractivity contribution in [1.82, 2.24) is 9.97 Å². The summed E-state index contributed by atoms with van der Waals surface area (Å²) in [6, 6.07) is 0. The average molecular weight is 239 g/mol. The van der Waals surface area contributed by atoms with Crippen LogP contribution in [-0.2, 0) is 4.74 Å². The molecule has 0 aliphatic rings. The van der Waals surface area contributed by atoms with E-state index in [0.29, 0.717) is 31.3 Å². The fourth-order valence-corrected chi connectivity index (χ4v) is 1.29. The third-order valence-electron chi connectivity index (χ3n) is 2.17. The first-order valence-electron chi connectivity index (χ1n) is 5.28. The maximum atomic E-state index is 8.66. The molecule has 0 saturated carbocycles. The number of hydrogen-bond donors (Lipinski definition) is 2. The zero-order valence-electron chi connectivity index (χ0n) is 10.00. The summed E-state index contributed by atoms with van der Waals surface area (Å²) >= 11 is 0. The van der Waals surface area contributed by atoms with Crippen molar-refractivity contribution in [3.63, 3.8) is 0 Å². The minimum Gasteiger partial charge on any atom is -0.409 e. The Morgan fingerprint density at radius 3 is 2.88 bits per heavy atom. The van der Waals surface area contributed by atoms with E-state index in [-0.39, 0.29) is 5.84 Å². The standard InChI is InChI=1S/C10H17N5O2/c1-3-17-7-6-15(2)10-8(9(11)14-16)12-4-5-13-10/h4-5,16H,3,6-7H2,1-2H3,(H2,11,14). The molecule has 1 aromatic rings. The van der Waals surface area contributed by atoms with Gasteiger partial charge in [-0.15, -0.1) is 0 Å². The summed E-state index contributed by atoms with van der Waals surface area (Å²) in [6.45, 7) is 3.84. The van der Waals surface area contributed by atoms with Crippen molar-refractivity contribution in [2.75, 3.05) is 31.7 Å². The molecule has 0 bridgehead atoms. The number of anilines is 1. The van der Waals surface area contributed by atoms with Gasteiger partial charge in [-0.3, -0.25) is 0 Å². The molecule has 0 amide bonds. The van der Waals surface area contributed by atoms with Crippen molar-refractivity contribution in [2.45, 2.75) is 6.92 Å². The molecule has 1 heterocycles. The largest absolute Gasteiger partial charge is 0.409 e. The fraction of sp³-hybridized carbons (Fsp3) is 0.500. The highest BCUT2D eigenvalue weighted by Crippen LogP contribution is 2.12. The van der Waals surface area contributed by atoms with E-state index in [2.05, 4.69) is 15.1 Å². The molecule has 0 atom stereocenters. The van der Waals surface area contributed by atoms with Gasteiger partial charge < -0.3 is 20.6 Å². The summed E-state index contributed by atoms with van der Waals surface area (Å²) in [4.78, 5) is 10.0. The summed E-state index contributed by atoms with van der Waals surface area (Å²) in [6.07, 6.45) is 3.05. The second-order valence-corrected chi connectivity index (χ2v) is 3.33. The Morgan fingerprint density at radius 2 is 2.24 bits per heavy atom. The van der Waals surface area contributed by atoms with Crippen molar-refractivity contribution in [2.24, 2.45) is 10.9 Å². The minimum absolute atomic E-state index is 0.0589. The van der Waals surface area contributed by atoms with Crippen molar-refractivity contribution < 1.29 is 9.94 Å². The van der Waals surface area contributed by atoms with Crippen LogP contribution in [0.15, 0.2) is 17.5 Å². The topological polar surface area (TPSA) is 96.9 Å². The lowest BCUT2D eigenvalue weighted by Crippen LogP contribution is -2.28. The smallest absolute Gasteiger partial charge is 0.192 e. The summed E-state index contributed by atoms with van der Waals surface area (Å²) in [5.41, 5.74) is 5.88. The third kappa shape index (κ3) is 3.56. The van der Waals surface area contributed by atoms with Gasteiger partial charge in [-0.1, -0.05) is 5.16 Å². The van der Waals surface area contributed by atoms with Gasteiger partial charge in [-0.05, 0) is 6.92 Å². The van der Waals surface area contributed by atoms with Crippen LogP contribution in [0, 0.1) is 0 Å². The van der Waals surface area contributed by atoms with Crippen LogP contribution in [0.25, 0.3) is 0 Å². The van der Waals surface area contributed by atoms with Crippen LogP contribution in [-0.4, -0.2) is 47.8 Å². The van der Waals surface area contributed by atoms with Crippen LogP contribution < -0.4 is 10.6 Å². The molecule has 0 aliphatic heterocycles. The van der Waals surface area contributed by atoms with Gasteiger partial charge in [0.25, 0.3) is 0 Å². The van der Waals surface area contributed by atoms with Crippen LogP contribution in [0.3, 0.4) is 0 Å². The zero-order chi connectivity index (χ0) is 12.7. The molecule has 0 aromatic carbocycles. The molecule has 3 N–H and O–H groups in total. The molecule has 7 heteroatoms. The predicted molar refractivity (Wildman–Crippen MR) is 64.3 cm³/mol. The zero-order valence-corrected chi connectivity index (χ0v) is 10.00. The number of nitrogens with two attached hydrogens (primary N) is 1. The maximum Gasteiger partial charge on any atom is 0.192 e. The monoisotopic (exact) mass is 239 g/mol. The van der Waals surface area contributed by atoms with Crippen LogP contribution in [0.5, 0.6) is 0 Å². The molecule has 0 aliphatic carbocycles. The van der Waals surface area contributed by atoms with Gasteiger partial charge in [-0.2, -0.15) is 0 Å². The Labute approximate surface area is 99.9 Å². The van der Waals surface area contributed by atoms with E-state index in [4.69, 9.17) is 15.7 Å². The number of oxime groups is 1. The number of aromatic nitrogens is 2. The van der Waals surface area contributed by atoms with Gasteiger partial charge >= 0.3 is 0 Å². The Balaban J connectivity index is 2.82. The molecule has 0 saturated heterocycles. The Kier molecular flexibility index (Phi) is 5.15. The molecule has 1 aromatic heterocycles. The fourth-order valence-electron chi connectivity index (χ4n) is 1.29. The van der Waals surface area contributed by atoms with Crippen molar-refractivity contribution in [1.29, 1.82) is 0 Å². The van der Waals surface area contributed by atoms with E-state index < -0.39 is 0 Å². The van der Waals surface area contributed by atoms with Gasteiger partial charge in [0.2, 0.25) is 0 Å². The molecule has 0 spiro atoms. The van der Waals surface area contributed by atoms with Gasteiger partial charge in [0.05, 0.1) is 6.61 Å². The van der Waals surface area contributed by atoms with E-state index in [1.54, 1.807) is 6.20 Å². The van der Waals surface area contributed by atoms with Gasteiger partial charge in [0.1, 0.15) is 0 Å². The number of ether oxygens (including phenoxy) is 1. The molecule has 7 nitrogen and oxygen atoms in total. The Hall–Kier alpha value is -1.89. The number of rotatable bonds is 6. The quantitative estimate of drug-likeness (QED) is 0.239. The van der Waals surface area contributed by atoms with Crippen molar-refractivity contribution in [3.05, 3.63) is 18.1 Å². The Bertz CT molecular complexity index is 383. The number of likely N-dealkylation sites (N-methyl/N-ethyl adjacent to an activating group) is 1. The molecule has 0 unspecified atom stereocenters. The van der Waals surface area contributed by atoms with Crippen molar-refractivity contribution >= 4 is 11.7 Å². The number of nitrogens with zero attached hydrogens (tertiary/aromatic N) is 4. The van der Waals surface area contributed by atoms with E-state index in [9.17, 15) is 0 Å². The molecule has 0 fully saturated rings. The second-order valence-electron chi connectivity index (χ2n) is 3.33. The Morgan fingerprint density at radius 1 is 1.53 bits per heavy atom. The highest BCUT2D eigenvalue weighted by molar-refractivity contribution is 5.99. The summed E-state index contributed by atoms with van der Waals surface area (Å²) < 4.78 is 5.25. The van der Waals surface area contributed by atoms with E-state index in [0.717, 1.165) is 0 Å². The first-order valence-corrected chi connectivity index (χ1v) is 5.28. The minimum atomic E-state index is -0.0589. The number of amidine groups is 1. The average Bonchev–Trinajstić information content (AvgIpc) is 2.38. The number of hydrogen-bond acceptors (Lipinski definition) is 6. The molecule has 0 radical (unpaired) electrons. The van der Waals surface area contributed by atoms with E-state index >= 15 is 0 Å². The summed E-state index contributed by atoms with van der Waals surface area (Å²) in [7, 11) is 1.84. The molecular formula is C10H17N5O2. The van der Waals surface area contributed by atoms with E-state index in [1.165, 1.54) is 6.20 Å². The molecule has 1 rings (SSSR count). The molecular weight excluding hydrogens is 222 g/mol. The van der Waals surface area contributed by atoms with Crippen LogP contribution in [0.2, 0.25) is 0 Å². The lowest BCUT2D eigenvalue weighted by atomic mass is 10.3. The van der Waals surface area contributed by atoms with Crippen LogP contribution in [0.1, 0.15) is 12.6 Å². The van der Waals surface area contributed by atoms with Gasteiger partial charge in [0, 0.05) is 32.6 Å². The second kappa shape index (κ2) is 6.64. The normalized spacial score (nSPS) is 11.5. The van der Waals surface area contributed by atoms with E-state index in [1.807, 2.05) is 18.9 Å². The predicted octanol–water partition coefficient (Wildman–Crippen LogP) is 0.0438. The highest BCUT2D eigenvalue weighted by Gasteiger charge is 2.13. The van der Waals surface area contributed by atoms with Gasteiger partial charge in [-0.25, -0.2) is 9.97 Å². The highest BCUT2D eigenvalue weighted by atomic mass is 16.5. The van der Waals surface area contributed by atoms with Crippen molar-refractivity contribution in [3.8, 4) is 0 Å². The van der Waals surface area contributed by atoms with Crippen LogP contribution >= 0.6 is 0 Å². The first-order chi connectivity index (χ1) is 8.20. The summed E-state index contributed by atoms with van der Waals surface area (Å²) in [5.74, 6) is 0.499. The lowest BCUT2D eigenvalue weighted by Gasteiger charge is -2.19. The lowest BCUT2D eigenvalue weighted by molar-refractivity contribution is 0.154. The maximum absolute atomic E-state index is 8.66. The SMILES string of the molecule is CCOCCN(C)c1nccnc1C(N)=NO. The molecule has 17 heavy (non-hydrogen) atoms. The molecule has 94 valence electrons. The first kappa shape index (κ1) is 13.2. The van der Waals surface area contributed by atoms with Crippen LogP contribution in [0.4, 0.5) is 5.82 Å². The third-order valence-corrected chi connectivity index (χ3v) is 2.17. The van der Waals surface area contributed by atoms with Gasteiger partial charge in [0.15, 0.2) is 17.3 Å². The summed E-state index contributed by atoms with van der Waals surface area (Å²) in [5, 5.41) is 11.6.